The normalized spacial score (nSPS) is 14.9. The Hall–Kier alpha value is -1.49. The largest absolute Gasteiger partial charge is 0.389 e. The van der Waals surface area contributed by atoms with E-state index >= 15 is 0 Å². The van der Waals surface area contributed by atoms with Crippen LogP contribution in [0.3, 0.4) is 0 Å². The number of amides is 1. The van der Waals surface area contributed by atoms with E-state index in [-0.39, 0.29) is 23.4 Å². The molecule has 1 aromatic rings. The number of halogens is 1. The van der Waals surface area contributed by atoms with Gasteiger partial charge in [-0.3, -0.25) is 4.79 Å². The van der Waals surface area contributed by atoms with Gasteiger partial charge in [-0.1, -0.05) is 30.8 Å². The molecule has 1 saturated carbocycles. The maximum Gasteiger partial charge on any atom is 0.223 e. The van der Waals surface area contributed by atoms with Crippen molar-refractivity contribution in [2.24, 2.45) is 11.7 Å². The summed E-state index contributed by atoms with van der Waals surface area (Å²) in [7, 11) is 0. The molecule has 1 aliphatic carbocycles. The van der Waals surface area contributed by atoms with Crippen molar-refractivity contribution in [2.45, 2.75) is 25.8 Å². The summed E-state index contributed by atoms with van der Waals surface area (Å²) in [4.78, 5) is 11.8. The lowest BCUT2D eigenvalue weighted by Gasteiger charge is -2.24. The first-order valence-electron chi connectivity index (χ1n) is 5.94. The number of thiocarbonyl (C=S) groups is 1. The second-order valence-electron chi connectivity index (χ2n) is 4.52. The Kier molecular flexibility index (Phi) is 3.91. The quantitative estimate of drug-likeness (QED) is 0.818. The first-order valence-corrected chi connectivity index (χ1v) is 6.34. The van der Waals surface area contributed by atoms with Crippen molar-refractivity contribution in [1.82, 2.24) is 5.32 Å². The molecule has 1 aromatic carbocycles. The zero-order valence-electron chi connectivity index (χ0n) is 9.91. The zero-order valence-corrected chi connectivity index (χ0v) is 10.7. The second kappa shape index (κ2) is 5.44. The number of hydrogen-bond acceptors (Lipinski definition) is 2. The van der Waals surface area contributed by atoms with Crippen molar-refractivity contribution in [3.05, 3.63) is 35.1 Å². The highest BCUT2D eigenvalue weighted by Crippen LogP contribution is 2.26. The van der Waals surface area contributed by atoms with E-state index in [4.69, 9.17) is 18.0 Å². The van der Waals surface area contributed by atoms with Crippen molar-refractivity contribution in [3.63, 3.8) is 0 Å². The summed E-state index contributed by atoms with van der Waals surface area (Å²) in [5.74, 6) is -0.266. The smallest absolute Gasteiger partial charge is 0.223 e. The Balaban J connectivity index is 1.96. The molecule has 0 radical (unpaired) electrons. The van der Waals surface area contributed by atoms with Crippen LogP contribution in [0.2, 0.25) is 0 Å². The number of rotatable bonds is 4. The van der Waals surface area contributed by atoms with E-state index in [0.717, 1.165) is 19.3 Å². The molecule has 1 aliphatic rings. The molecule has 0 heterocycles. The summed E-state index contributed by atoms with van der Waals surface area (Å²) >= 11 is 4.77. The monoisotopic (exact) mass is 266 g/mol. The summed E-state index contributed by atoms with van der Waals surface area (Å²) in [5, 5.41) is 2.75. The van der Waals surface area contributed by atoms with E-state index in [2.05, 4.69) is 5.32 Å². The molecule has 0 bridgehead atoms. The first-order chi connectivity index (χ1) is 8.58. The first kappa shape index (κ1) is 13.0. The van der Waals surface area contributed by atoms with Crippen LogP contribution in [0.1, 0.15) is 30.4 Å². The fourth-order valence-corrected chi connectivity index (χ4v) is 1.97. The SMILES string of the molecule is NC(=S)c1ccc(CNC(=O)C2CCC2)c(F)c1. The van der Waals surface area contributed by atoms with Crippen LogP contribution in [0.25, 0.3) is 0 Å². The van der Waals surface area contributed by atoms with Gasteiger partial charge in [-0.15, -0.1) is 0 Å². The minimum absolute atomic E-state index is 0.0130. The van der Waals surface area contributed by atoms with Gasteiger partial charge < -0.3 is 11.1 Å². The van der Waals surface area contributed by atoms with Crippen LogP contribution in [-0.4, -0.2) is 10.9 Å². The van der Waals surface area contributed by atoms with Gasteiger partial charge in [0.15, 0.2) is 0 Å². The lowest BCUT2D eigenvalue weighted by Crippen LogP contribution is -2.34. The van der Waals surface area contributed by atoms with Gasteiger partial charge in [0.05, 0.1) is 0 Å². The standard InChI is InChI=1S/C13H15FN2OS/c14-11-6-9(12(15)18)4-5-10(11)7-16-13(17)8-2-1-3-8/h4-6,8H,1-3,7H2,(H2,15,18)(H,16,17). The van der Waals surface area contributed by atoms with Crippen molar-refractivity contribution >= 4 is 23.1 Å². The Morgan fingerprint density at radius 1 is 1.50 bits per heavy atom. The summed E-state index contributed by atoms with van der Waals surface area (Å²) in [6.07, 6.45) is 2.98. The van der Waals surface area contributed by atoms with Crippen LogP contribution < -0.4 is 11.1 Å². The molecular formula is C13H15FN2OS. The lowest BCUT2D eigenvalue weighted by molar-refractivity contribution is -0.127. The highest BCUT2D eigenvalue weighted by molar-refractivity contribution is 7.80. The van der Waals surface area contributed by atoms with Gasteiger partial charge in [-0.05, 0) is 18.9 Å². The van der Waals surface area contributed by atoms with Crippen LogP contribution in [0.4, 0.5) is 4.39 Å². The summed E-state index contributed by atoms with van der Waals surface area (Å²) in [6, 6.07) is 4.56. The van der Waals surface area contributed by atoms with Crippen molar-refractivity contribution < 1.29 is 9.18 Å². The maximum absolute atomic E-state index is 13.7. The van der Waals surface area contributed by atoms with E-state index in [1.54, 1.807) is 12.1 Å². The molecule has 96 valence electrons. The average molecular weight is 266 g/mol. The maximum atomic E-state index is 13.7. The molecule has 18 heavy (non-hydrogen) atoms. The summed E-state index contributed by atoms with van der Waals surface area (Å²) in [5.41, 5.74) is 6.36. The highest BCUT2D eigenvalue weighted by Gasteiger charge is 2.24. The molecule has 0 spiro atoms. The average Bonchev–Trinajstić information content (AvgIpc) is 2.24. The Bertz CT molecular complexity index is 486. The van der Waals surface area contributed by atoms with Crippen molar-refractivity contribution in [2.75, 3.05) is 0 Å². The van der Waals surface area contributed by atoms with Gasteiger partial charge >= 0.3 is 0 Å². The zero-order chi connectivity index (χ0) is 13.1. The molecular weight excluding hydrogens is 251 g/mol. The van der Waals surface area contributed by atoms with Gasteiger partial charge in [-0.2, -0.15) is 0 Å². The minimum atomic E-state index is -0.394. The van der Waals surface area contributed by atoms with E-state index in [1.165, 1.54) is 6.07 Å². The number of carbonyl (C=O) groups excluding carboxylic acids is 1. The molecule has 0 saturated heterocycles. The highest BCUT2D eigenvalue weighted by atomic mass is 32.1. The second-order valence-corrected chi connectivity index (χ2v) is 4.96. The topological polar surface area (TPSA) is 55.1 Å². The molecule has 0 atom stereocenters. The Labute approximate surface area is 111 Å². The molecule has 0 aromatic heterocycles. The summed E-state index contributed by atoms with van der Waals surface area (Å²) in [6.45, 7) is 0.207. The molecule has 2 rings (SSSR count). The number of carbonyl (C=O) groups is 1. The number of nitrogens with two attached hydrogens (primary N) is 1. The Morgan fingerprint density at radius 2 is 2.22 bits per heavy atom. The molecule has 3 N–H and O–H groups in total. The van der Waals surface area contributed by atoms with Gasteiger partial charge in [0.25, 0.3) is 0 Å². The van der Waals surface area contributed by atoms with E-state index in [1.807, 2.05) is 0 Å². The number of benzene rings is 1. The third-order valence-corrected chi connectivity index (χ3v) is 3.50. The van der Waals surface area contributed by atoms with Gasteiger partial charge in [0, 0.05) is 23.6 Å². The van der Waals surface area contributed by atoms with Gasteiger partial charge in [-0.25, -0.2) is 4.39 Å². The van der Waals surface area contributed by atoms with Gasteiger partial charge in [0.1, 0.15) is 10.8 Å². The number of hydrogen-bond donors (Lipinski definition) is 2. The van der Waals surface area contributed by atoms with E-state index in [0.29, 0.717) is 11.1 Å². The van der Waals surface area contributed by atoms with Gasteiger partial charge in [0.2, 0.25) is 5.91 Å². The van der Waals surface area contributed by atoms with Crippen LogP contribution in [-0.2, 0) is 11.3 Å². The van der Waals surface area contributed by atoms with Crippen molar-refractivity contribution in [1.29, 1.82) is 0 Å². The predicted molar refractivity (Wildman–Crippen MR) is 71.5 cm³/mol. The molecule has 1 fully saturated rings. The third-order valence-electron chi connectivity index (χ3n) is 3.27. The fourth-order valence-electron chi connectivity index (χ4n) is 1.84. The fraction of sp³-hybridized carbons (Fsp3) is 0.385. The molecule has 3 nitrogen and oxygen atoms in total. The summed E-state index contributed by atoms with van der Waals surface area (Å²) < 4.78 is 13.7. The van der Waals surface area contributed by atoms with Crippen LogP contribution in [0.5, 0.6) is 0 Å². The van der Waals surface area contributed by atoms with Crippen molar-refractivity contribution in [3.8, 4) is 0 Å². The number of nitrogens with one attached hydrogen (secondary N) is 1. The Morgan fingerprint density at radius 3 is 2.72 bits per heavy atom. The van der Waals surface area contributed by atoms with E-state index in [9.17, 15) is 9.18 Å². The lowest BCUT2D eigenvalue weighted by atomic mass is 9.85. The molecule has 5 heteroatoms. The predicted octanol–water partition coefficient (Wildman–Crippen LogP) is 1.88. The van der Waals surface area contributed by atoms with Crippen LogP contribution in [0.15, 0.2) is 18.2 Å². The molecule has 0 unspecified atom stereocenters. The third kappa shape index (κ3) is 2.85. The molecule has 0 aliphatic heterocycles. The minimum Gasteiger partial charge on any atom is -0.389 e. The van der Waals surface area contributed by atoms with Crippen LogP contribution >= 0.6 is 12.2 Å². The van der Waals surface area contributed by atoms with E-state index < -0.39 is 5.82 Å². The van der Waals surface area contributed by atoms with Crippen LogP contribution in [0, 0.1) is 11.7 Å². The molecule has 1 amide bonds.